The van der Waals surface area contributed by atoms with E-state index in [9.17, 15) is 4.79 Å². The zero-order valence-corrected chi connectivity index (χ0v) is 35.3. The molecule has 13 nitrogen and oxygen atoms in total. The molecular weight excluding hydrogens is 788 g/mol. The summed E-state index contributed by atoms with van der Waals surface area (Å²) >= 11 is 6.67. The van der Waals surface area contributed by atoms with Crippen LogP contribution in [0, 0.1) is 11.8 Å². The molecule has 10 rings (SSSR count). The number of rotatable bonds is 8. The molecule has 3 atom stereocenters. The summed E-state index contributed by atoms with van der Waals surface area (Å²) in [5, 5.41) is 17.1. The predicted octanol–water partition coefficient (Wildman–Crippen LogP) is 6.72. The molecule has 0 spiro atoms. The van der Waals surface area contributed by atoms with Crippen LogP contribution in [0.25, 0.3) is 21.8 Å². The maximum absolute atomic E-state index is 15.2. The summed E-state index contributed by atoms with van der Waals surface area (Å²) in [6.07, 6.45) is 7.77. The van der Waals surface area contributed by atoms with E-state index in [0.717, 1.165) is 65.2 Å². The van der Waals surface area contributed by atoms with Gasteiger partial charge in [0.1, 0.15) is 5.02 Å². The molecule has 3 aromatic heterocycles. The van der Waals surface area contributed by atoms with Crippen molar-refractivity contribution in [3.63, 3.8) is 0 Å². The van der Waals surface area contributed by atoms with Crippen LogP contribution in [-0.4, -0.2) is 106 Å². The van der Waals surface area contributed by atoms with E-state index in [1.54, 1.807) is 19.3 Å². The lowest BCUT2D eigenvalue weighted by atomic mass is 9.93. The first-order valence-corrected chi connectivity index (χ1v) is 22.0. The molecule has 318 valence electrons. The molecular formula is C44H54ClF2N11O2. The molecule has 2 aromatic carbocycles. The number of aryl methyl sites for hydroxylation is 2. The summed E-state index contributed by atoms with van der Waals surface area (Å²) in [4.78, 5) is 30.1. The third kappa shape index (κ3) is 7.40. The third-order valence-corrected chi connectivity index (χ3v) is 13.9. The fourth-order valence-electron chi connectivity index (χ4n) is 10.0. The molecule has 4 fully saturated rings. The van der Waals surface area contributed by atoms with E-state index in [0.29, 0.717) is 69.8 Å². The number of halogens is 3. The molecule has 4 aliphatic heterocycles. The minimum absolute atomic E-state index is 0.0916. The molecule has 3 N–H and O–H groups in total. The van der Waals surface area contributed by atoms with E-state index in [2.05, 4.69) is 72.5 Å². The summed E-state index contributed by atoms with van der Waals surface area (Å²) < 4.78 is 39.4. The topological polar surface area (TPSA) is 121 Å². The number of anilines is 5. The number of nitrogens with zero attached hydrogens (tertiary/aromatic N) is 8. The summed E-state index contributed by atoms with van der Waals surface area (Å²) in [5.74, 6) is -1.22. The first-order chi connectivity index (χ1) is 29.0. The number of ether oxygens (including phenoxy) is 1. The van der Waals surface area contributed by atoms with Gasteiger partial charge in [0.25, 0.3) is 5.56 Å². The van der Waals surface area contributed by atoms with Gasteiger partial charge in [-0.15, -0.1) is 0 Å². The predicted molar refractivity (Wildman–Crippen MR) is 234 cm³/mol. The minimum Gasteiger partial charge on any atom is -0.480 e. The molecule has 60 heavy (non-hydrogen) atoms. The van der Waals surface area contributed by atoms with Crippen molar-refractivity contribution < 1.29 is 13.5 Å². The molecule has 5 aliphatic rings. The van der Waals surface area contributed by atoms with Crippen molar-refractivity contribution in [2.45, 2.75) is 69.4 Å². The van der Waals surface area contributed by atoms with Crippen LogP contribution >= 0.6 is 11.6 Å². The van der Waals surface area contributed by atoms with E-state index >= 15 is 8.78 Å². The van der Waals surface area contributed by atoms with E-state index in [-0.39, 0.29) is 11.7 Å². The van der Waals surface area contributed by atoms with Crippen molar-refractivity contribution in [2.24, 2.45) is 25.9 Å². The third-order valence-electron chi connectivity index (χ3n) is 13.7. The van der Waals surface area contributed by atoms with Crippen molar-refractivity contribution in [1.29, 1.82) is 0 Å². The van der Waals surface area contributed by atoms with Crippen LogP contribution in [0.2, 0.25) is 5.02 Å². The number of alkyl halides is 2. The number of piperidine rings is 2. The molecule has 0 bridgehead atoms. The average molecular weight is 842 g/mol. The van der Waals surface area contributed by atoms with Gasteiger partial charge in [-0.3, -0.25) is 14.4 Å². The van der Waals surface area contributed by atoms with Crippen LogP contribution in [0.15, 0.2) is 47.4 Å². The van der Waals surface area contributed by atoms with Crippen LogP contribution in [0.5, 0.6) is 5.75 Å². The quantitative estimate of drug-likeness (QED) is 0.155. The Hall–Kier alpha value is -4.73. The Morgan fingerprint density at radius 3 is 2.58 bits per heavy atom. The maximum atomic E-state index is 15.2. The molecule has 5 aromatic rings. The monoisotopic (exact) mass is 841 g/mol. The Morgan fingerprint density at radius 2 is 1.82 bits per heavy atom. The standard InChI is InChI=1S/C44H54ClF2N11O2/c1-26-23-58(18-17-57(26)24-27-12-15-56(16-13-27)31-9-10-32-36(20-31)55(3)53-37(32)29-5-4-14-48-21-29)43-49-22-34(45)41(52-43)50-30-8-11-35-33(19-30)38-39(42(59)54(35)2)60-25-44(46,47)40(51-38)28-6-7-28/h8-11,19-20,22,26-29,40,48,51H,4-7,12-18,21,23-25H2,1-3H3,(H,49,50,52)/t26-,29?,40-/m0/s1. The van der Waals surface area contributed by atoms with E-state index in [1.165, 1.54) is 39.7 Å². The van der Waals surface area contributed by atoms with Gasteiger partial charge < -0.3 is 35.1 Å². The molecule has 1 saturated carbocycles. The Balaban J connectivity index is 0.781. The van der Waals surface area contributed by atoms with Gasteiger partial charge in [-0.25, -0.2) is 13.8 Å². The molecule has 1 unspecified atom stereocenters. The van der Waals surface area contributed by atoms with Crippen LogP contribution in [0.3, 0.4) is 0 Å². The van der Waals surface area contributed by atoms with Gasteiger partial charge in [-0.1, -0.05) is 11.6 Å². The van der Waals surface area contributed by atoms with Gasteiger partial charge in [0.05, 0.1) is 34.7 Å². The van der Waals surface area contributed by atoms with Gasteiger partial charge >= 0.3 is 5.92 Å². The zero-order valence-electron chi connectivity index (χ0n) is 34.6. The zero-order chi connectivity index (χ0) is 41.3. The van der Waals surface area contributed by atoms with E-state index in [1.807, 2.05) is 12.1 Å². The number of aromatic nitrogens is 5. The molecule has 0 amide bonds. The van der Waals surface area contributed by atoms with E-state index < -0.39 is 24.1 Å². The van der Waals surface area contributed by atoms with Gasteiger partial charge in [-0.2, -0.15) is 10.1 Å². The molecule has 16 heteroatoms. The Bertz CT molecular complexity index is 2480. The second kappa shape index (κ2) is 15.6. The normalized spacial score (nSPS) is 23.9. The van der Waals surface area contributed by atoms with Crippen LogP contribution < -0.4 is 36.0 Å². The van der Waals surface area contributed by atoms with Crippen molar-refractivity contribution >= 4 is 62.2 Å². The highest BCUT2D eigenvalue weighted by molar-refractivity contribution is 6.33. The van der Waals surface area contributed by atoms with Gasteiger partial charge in [0.15, 0.2) is 12.4 Å². The molecule has 1 aliphatic carbocycles. The van der Waals surface area contributed by atoms with Crippen LogP contribution in [-0.2, 0) is 14.1 Å². The molecule has 7 heterocycles. The second-order valence-corrected chi connectivity index (χ2v) is 18.2. The van der Waals surface area contributed by atoms with E-state index in [4.69, 9.17) is 26.4 Å². The Kier molecular flexibility index (Phi) is 10.3. The number of benzene rings is 2. The number of piperazine rings is 1. The van der Waals surface area contributed by atoms with Crippen molar-refractivity contribution in [3.8, 4) is 5.75 Å². The van der Waals surface area contributed by atoms with Crippen LogP contribution in [0.4, 0.5) is 37.6 Å². The lowest BCUT2D eigenvalue weighted by molar-refractivity contribution is -0.0579. The highest BCUT2D eigenvalue weighted by Crippen LogP contribution is 2.46. The van der Waals surface area contributed by atoms with Gasteiger partial charge in [-0.05, 0) is 100 Å². The van der Waals surface area contributed by atoms with Gasteiger partial charge in [0.2, 0.25) is 11.7 Å². The number of hydrogen-bond acceptors (Lipinski definition) is 11. The van der Waals surface area contributed by atoms with Gasteiger partial charge in [0, 0.05) is 94.0 Å². The summed E-state index contributed by atoms with van der Waals surface area (Å²) in [6.45, 7) is 9.23. The highest BCUT2D eigenvalue weighted by atomic mass is 35.5. The summed E-state index contributed by atoms with van der Waals surface area (Å²) in [5.41, 5.74) is 4.81. The number of pyridine rings is 1. The number of nitrogens with one attached hydrogen (secondary N) is 3. The highest BCUT2D eigenvalue weighted by Gasteiger charge is 2.51. The Labute approximate surface area is 353 Å². The summed E-state index contributed by atoms with van der Waals surface area (Å²) in [7, 11) is 3.70. The summed E-state index contributed by atoms with van der Waals surface area (Å²) in [6, 6.07) is 11.6. The van der Waals surface area contributed by atoms with Crippen molar-refractivity contribution in [2.75, 3.05) is 79.4 Å². The first-order valence-electron chi connectivity index (χ1n) is 21.7. The Morgan fingerprint density at radius 1 is 0.983 bits per heavy atom. The smallest absolute Gasteiger partial charge is 0.301 e. The second-order valence-electron chi connectivity index (χ2n) is 17.8. The number of hydrogen-bond donors (Lipinski definition) is 3. The lowest BCUT2D eigenvalue weighted by Crippen LogP contribution is -2.54. The maximum Gasteiger partial charge on any atom is 0.301 e. The number of fused-ring (bicyclic) bond motifs is 4. The average Bonchev–Trinajstić information content (AvgIpc) is 4.06. The molecule has 0 radical (unpaired) electrons. The fraction of sp³-hybridized carbons (Fsp3) is 0.545. The van der Waals surface area contributed by atoms with Crippen LogP contribution in [0.1, 0.15) is 57.1 Å². The van der Waals surface area contributed by atoms with Crippen molar-refractivity contribution in [1.82, 2.24) is 34.5 Å². The fourth-order valence-corrected chi connectivity index (χ4v) is 10.2. The minimum atomic E-state index is -3.12. The lowest BCUT2D eigenvalue weighted by Gasteiger charge is -2.43. The largest absolute Gasteiger partial charge is 0.480 e. The van der Waals surface area contributed by atoms with Crippen molar-refractivity contribution in [3.05, 3.63) is 63.7 Å². The molecule has 3 saturated heterocycles. The first kappa shape index (κ1) is 39.4. The SMILES string of the molecule is C[C@H]1CN(c2ncc(Cl)c(Nc3ccc4c(c3)c3c(c(=O)n4C)OCC(F)(F)[C@H](C4CC4)N3)n2)CCN1CC1CCN(c2ccc3c(C4CCCNC4)nn(C)c3c2)CC1.